The highest BCUT2D eigenvalue weighted by Crippen LogP contribution is 2.28. The highest BCUT2D eigenvalue weighted by atomic mass is 35.5. The van der Waals surface area contributed by atoms with Crippen molar-refractivity contribution in [1.29, 1.82) is 0 Å². The van der Waals surface area contributed by atoms with Crippen LogP contribution >= 0.6 is 23.7 Å². The molecule has 3 nitrogen and oxygen atoms in total. The Morgan fingerprint density at radius 3 is 2.68 bits per heavy atom. The van der Waals surface area contributed by atoms with E-state index in [1.165, 1.54) is 16.9 Å². The first-order valence-electron chi connectivity index (χ1n) is 7.33. The van der Waals surface area contributed by atoms with Crippen molar-refractivity contribution >= 4 is 29.7 Å². The molecule has 2 atom stereocenters. The predicted molar refractivity (Wildman–Crippen MR) is 94.1 cm³/mol. The van der Waals surface area contributed by atoms with Gasteiger partial charge in [0.2, 0.25) is 0 Å². The number of hydrogen-bond donors (Lipinski definition) is 1. The standard InChI is InChI=1S/C17H20N2OS.ClH/c1-19(17(20)16-8-5-11-21-16)15-9-10-18-12-14(15)13-6-3-2-4-7-13;/h2-8,11,14-15,18H,9-10,12H2,1H3;1H/t14-,15+;/m0./s1. The van der Waals surface area contributed by atoms with Crippen molar-refractivity contribution in [2.45, 2.75) is 18.4 Å². The van der Waals surface area contributed by atoms with Crippen LogP contribution in [-0.4, -0.2) is 37.0 Å². The Labute approximate surface area is 141 Å². The molecule has 2 heterocycles. The number of halogens is 1. The van der Waals surface area contributed by atoms with E-state index in [1.807, 2.05) is 35.5 Å². The van der Waals surface area contributed by atoms with E-state index in [1.54, 1.807) is 0 Å². The zero-order chi connectivity index (χ0) is 14.7. The first kappa shape index (κ1) is 17.0. The number of nitrogens with one attached hydrogen (secondary N) is 1. The van der Waals surface area contributed by atoms with E-state index in [0.717, 1.165) is 24.4 Å². The van der Waals surface area contributed by atoms with Crippen molar-refractivity contribution in [1.82, 2.24) is 10.2 Å². The lowest BCUT2D eigenvalue weighted by atomic mass is 9.86. The van der Waals surface area contributed by atoms with Gasteiger partial charge in [0, 0.05) is 25.6 Å². The molecule has 118 valence electrons. The third-order valence-electron chi connectivity index (χ3n) is 4.22. The van der Waals surface area contributed by atoms with Crippen LogP contribution in [0.1, 0.15) is 27.6 Å². The number of likely N-dealkylation sites (N-methyl/N-ethyl adjacent to an activating group) is 1. The molecule has 1 amide bonds. The van der Waals surface area contributed by atoms with Crippen LogP contribution < -0.4 is 5.32 Å². The van der Waals surface area contributed by atoms with E-state index in [2.05, 4.69) is 29.6 Å². The molecule has 1 aromatic carbocycles. The first-order valence-corrected chi connectivity index (χ1v) is 8.21. The average molecular weight is 337 g/mol. The summed E-state index contributed by atoms with van der Waals surface area (Å²) in [6.45, 7) is 1.90. The average Bonchev–Trinajstić information content (AvgIpc) is 3.09. The van der Waals surface area contributed by atoms with Crippen LogP contribution in [0, 0.1) is 0 Å². The Kier molecular flexibility index (Phi) is 6.00. The van der Waals surface area contributed by atoms with Gasteiger partial charge in [-0.15, -0.1) is 23.7 Å². The largest absolute Gasteiger partial charge is 0.337 e. The fraction of sp³-hybridized carbons (Fsp3) is 0.353. The van der Waals surface area contributed by atoms with Crippen molar-refractivity contribution in [2.24, 2.45) is 0 Å². The molecule has 0 saturated carbocycles. The van der Waals surface area contributed by atoms with Gasteiger partial charge in [-0.05, 0) is 30.0 Å². The molecule has 0 aliphatic carbocycles. The fourth-order valence-electron chi connectivity index (χ4n) is 3.07. The number of carbonyl (C=O) groups is 1. The highest BCUT2D eigenvalue weighted by molar-refractivity contribution is 7.12. The van der Waals surface area contributed by atoms with Crippen molar-refractivity contribution in [3.05, 3.63) is 58.3 Å². The lowest BCUT2D eigenvalue weighted by Gasteiger charge is -2.38. The molecule has 1 saturated heterocycles. The van der Waals surface area contributed by atoms with Gasteiger partial charge in [0.15, 0.2) is 0 Å². The molecule has 22 heavy (non-hydrogen) atoms. The van der Waals surface area contributed by atoms with Crippen LogP contribution in [-0.2, 0) is 0 Å². The summed E-state index contributed by atoms with van der Waals surface area (Å²) in [7, 11) is 1.94. The summed E-state index contributed by atoms with van der Waals surface area (Å²) in [6, 6.07) is 14.6. The summed E-state index contributed by atoms with van der Waals surface area (Å²) >= 11 is 1.51. The molecule has 1 aliphatic rings. The molecule has 2 aromatic rings. The minimum atomic E-state index is 0. The van der Waals surface area contributed by atoms with Crippen molar-refractivity contribution in [3.8, 4) is 0 Å². The van der Waals surface area contributed by atoms with Gasteiger partial charge in [0.1, 0.15) is 0 Å². The molecule has 0 radical (unpaired) electrons. The predicted octanol–water partition coefficient (Wildman–Crippen LogP) is 3.39. The third-order valence-corrected chi connectivity index (χ3v) is 5.08. The van der Waals surface area contributed by atoms with Crippen LogP contribution in [0.2, 0.25) is 0 Å². The van der Waals surface area contributed by atoms with E-state index in [-0.39, 0.29) is 24.4 Å². The zero-order valence-corrected chi connectivity index (χ0v) is 14.2. The molecule has 1 aliphatic heterocycles. The summed E-state index contributed by atoms with van der Waals surface area (Å²) in [5, 5.41) is 5.41. The monoisotopic (exact) mass is 336 g/mol. The zero-order valence-electron chi connectivity index (χ0n) is 12.6. The second-order valence-electron chi connectivity index (χ2n) is 5.47. The molecule has 0 unspecified atom stereocenters. The van der Waals surface area contributed by atoms with Gasteiger partial charge >= 0.3 is 0 Å². The maximum Gasteiger partial charge on any atom is 0.263 e. The van der Waals surface area contributed by atoms with Gasteiger partial charge in [0.25, 0.3) is 5.91 Å². The molecule has 3 rings (SSSR count). The summed E-state index contributed by atoms with van der Waals surface area (Å²) in [6.07, 6.45) is 0.993. The van der Waals surface area contributed by atoms with E-state index in [9.17, 15) is 4.79 Å². The molecule has 1 aromatic heterocycles. The van der Waals surface area contributed by atoms with E-state index >= 15 is 0 Å². The maximum absolute atomic E-state index is 12.6. The summed E-state index contributed by atoms with van der Waals surface area (Å²) in [5.41, 5.74) is 1.31. The van der Waals surface area contributed by atoms with Crippen LogP contribution in [0.3, 0.4) is 0 Å². The Morgan fingerprint density at radius 1 is 1.23 bits per heavy atom. The molecular formula is C17H21ClN2OS. The third kappa shape index (κ3) is 3.51. The van der Waals surface area contributed by atoms with Crippen LogP contribution in [0.25, 0.3) is 0 Å². The summed E-state index contributed by atoms with van der Waals surface area (Å²) in [5.74, 6) is 0.492. The number of piperidine rings is 1. The smallest absolute Gasteiger partial charge is 0.263 e. The molecule has 0 bridgehead atoms. The number of carbonyl (C=O) groups excluding carboxylic acids is 1. The molecule has 0 spiro atoms. The first-order chi connectivity index (χ1) is 10.3. The van der Waals surface area contributed by atoms with Crippen LogP contribution in [0.5, 0.6) is 0 Å². The van der Waals surface area contributed by atoms with Gasteiger partial charge in [-0.1, -0.05) is 36.4 Å². The number of nitrogens with zero attached hydrogens (tertiary/aromatic N) is 1. The van der Waals surface area contributed by atoms with Gasteiger partial charge in [-0.3, -0.25) is 4.79 Å². The minimum Gasteiger partial charge on any atom is -0.337 e. The Hall–Kier alpha value is -1.36. The number of benzene rings is 1. The number of rotatable bonds is 3. The number of amides is 1. The topological polar surface area (TPSA) is 32.3 Å². The summed E-state index contributed by atoms with van der Waals surface area (Å²) < 4.78 is 0. The van der Waals surface area contributed by atoms with Crippen molar-refractivity contribution < 1.29 is 4.79 Å². The van der Waals surface area contributed by atoms with Gasteiger partial charge in [0.05, 0.1) is 4.88 Å². The van der Waals surface area contributed by atoms with E-state index in [0.29, 0.717) is 5.92 Å². The molecule has 5 heteroatoms. The second-order valence-corrected chi connectivity index (χ2v) is 6.42. The minimum absolute atomic E-state index is 0. The molecular weight excluding hydrogens is 316 g/mol. The lowest BCUT2D eigenvalue weighted by molar-refractivity contribution is 0.0684. The molecule has 1 N–H and O–H groups in total. The number of hydrogen-bond acceptors (Lipinski definition) is 3. The Bertz CT molecular complexity index is 588. The maximum atomic E-state index is 12.6. The second kappa shape index (κ2) is 7.77. The van der Waals surface area contributed by atoms with Crippen molar-refractivity contribution in [3.63, 3.8) is 0 Å². The number of thiophene rings is 1. The van der Waals surface area contributed by atoms with Crippen LogP contribution in [0.4, 0.5) is 0 Å². The molecule has 1 fully saturated rings. The van der Waals surface area contributed by atoms with Gasteiger partial charge in [-0.2, -0.15) is 0 Å². The fourth-order valence-corrected chi connectivity index (χ4v) is 3.78. The van der Waals surface area contributed by atoms with Crippen molar-refractivity contribution in [2.75, 3.05) is 20.1 Å². The quantitative estimate of drug-likeness (QED) is 0.931. The lowest BCUT2D eigenvalue weighted by Crippen LogP contribution is -2.48. The summed E-state index contributed by atoms with van der Waals surface area (Å²) in [4.78, 5) is 15.4. The van der Waals surface area contributed by atoms with Gasteiger partial charge < -0.3 is 10.2 Å². The van der Waals surface area contributed by atoms with E-state index < -0.39 is 0 Å². The van der Waals surface area contributed by atoms with Gasteiger partial charge in [-0.25, -0.2) is 0 Å². The highest BCUT2D eigenvalue weighted by Gasteiger charge is 2.32. The van der Waals surface area contributed by atoms with E-state index in [4.69, 9.17) is 0 Å². The normalized spacial score (nSPS) is 21.0. The Balaban J connectivity index is 0.00000176. The SMILES string of the molecule is CN(C(=O)c1cccs1)[C@@H]1CCNC[C@H]1c1ccccc1.Cl. The Morgan fingerprint density at radius 2 is 2.00 bits per heavy atom. The van der Waals surface area contributed by atoms with Crippen LogP contribution in [0.15, 0.2) is 47.8 Å².